The molecule has 1 aromatic carbocycles. The summed E-state index contributed by atoms with van der Waals surface area (Å²) in [7, 11) is 3.22. The number of aromatic nitrogens is 4. The van der Waals surface area contributed by atoms with Crippen LogP contribution in [0.2, 0.25) is 5.02 Å². The second-order valence-electron chi connectivity index (χ2n) is 12.7. The summed E-state index contributed by atoms with van der Waals surface area (Å²) in [6.45, 7) is 6.21. The Morgan fingerprint density at radius 1 is 1.10 bits per heavy atom. The SMILES string of the molecule is COc1ccc(Cn2nc(C)c(NC(=O)CC34CC5CC(C3)CC(n3nc([N+](=O)[O-])c(Cl)c3C)(C5)C4)c2C)cc1OC. The molecule has 0 aliphatic heterocycles. The number of ether oxygens (including phenoxy) is 2. The van der Waals surface area contributed by atoms with Crippen molar-refractivity contribution >= 4 is 29.0 Å². The van der Waals surface area contributed by atoms with E-state index in [4.69, 9.17) is 26.2 Å². The molecule has 1 amide bonds. The average Bonchev–Trinajstić information content (AvgIpc) is 3.37. The first-order valence-electron chi connectivity index (χ1n) is 14.4. The molecule has 4 bridgehead atoms. The molecule has 4 fully saturated rings. The maximum absolute atomic E-state index is 13.7. The number of nitrogens with one attached hydrogen (secondary N) is 1. The Balaban J connectivity index is 1.21. The Morgan fingerprint density at radius 3 is 2.40 bits per heavy atom. The number of anilines is 1. The standard InChI is InChI=1S/C30H37ClN6O5/c1-17-27(19(3)35(33-17)15-20-6-7-23(41-4)24(9-20)42-5)32-25(38)14-29-10-21-8-22(11-29)13-30(12-21,16-29)36-18(2)26(31)28(34-36)37(39)40/h6-7,9,21-22H,8,10-16H2,1-5H3,(H,32,38). The lowest BCUT2D eigenvalue weighted by Gasteiger charge is -2.61. The second kappa shape index (κ2) is 10.3. The van der Waals surface area contributed by atoms with Crippen LogP contribution in [0.25, 0.3) is 0 Å². The van der Waals surface area contributed by atoms with Gasteiger partial charge in [-0.05, 0) is 99.2 Å². The minimum atomic E-state index is -0.508. The molecule has 2 heterocycles. The smallest absolute Gasteiger partial charge is 0.408 e. The van der Waals surface area contributed by atoms with Gasteiger partial charge in [-0.3, -0.25) is 9.48 Å². The number of amides is 1. The third-order valence-electron chi connectivity index (χ3n) is 9.76. The summed E-state index contributed by atoms with van der Waals surface area (Å²) >= 11 is 6.36. The molecule has 2 unspecified atom stereocenters. The number of methoxy groups -OCH3 is 2. The van der Waals surface area contributed by atoms with Crippen LogP contribution in [0.15, 0.2) is 18.2 Å². The normalized spacial score (nSPS) is 26.0. The largest absolute Gasteiger partial charge is 0.493 e. The van der Waals surface area contributed by atoms with Crippen LogP contribution >= 0.6 is 11.6 Å². The lowest BCUT2D eigenvalue weighted by molar-refractivity contribution is -0.389. The molecule has 12 heteroatoms. The molecule has 224 valence electrons. The second-order valence-corrected chi connectivity index (χ2v) is 13.1. The number of hydrogen-bond acceptors (Lipinski definition) is 7. The van der Waals surface area contributed by atoms with Crippen LogP contribution in [0, 0.1) is 48.1 Å². The van der Waals surface area contributed by atoms with E-state index in [1.807, 2.05) is 48.3 Å². The van der Waals surface area contributed by atoms with Gasteiger partial charge in [-0.25, -0.2) is 0 Å². The Labute approximate surface area is 249 Å². The van der Waals surface area contributed by atoms with Crippen molar-refractivity contribution in [2.45, 2.75) is 77.8 Å². The third-order valence-corrected chi connectivity index (χ3v) is 10.2. The van der Waals surface area contributed by atoms with Gasteiger partial charge in [0.15, 0.2) is 16.5 Å². The maximum atomic E-state index is 13.7. The van der Waals surface area contributed by atoms with Crippen molar-refractivity contribution in [3.63, 3.8) is 0 Å². The highest BCUT2D eigenvalue weighted by Gasteiger charge is 2.61. The average molecular weight is 597 g/mol. The molecule has 1 N–H and O–H groups in total. The van der Waals surface area contributed by atoms with Crippen molar-refractivity contribution in [3.8, 4) is 11.5 Å². The van der Waals surface area contributed by atoms with Crippen molar-refractivity contribution < 1.29 is 19.2 Å². The zero-order valence-corrected chi connectivity index (χ0v) is 25.5. The highest BCUT2D eigenvalue weighted by molar-refractivity contribution is 6.33. The summed E-state index contributed by atoms with van der Waals surface area (Å²) in [5.74, 6) is 1.94. The number of nitrogens with zero attached hydrogens (tertiary/aromatic N) is 5. The minimum absolute atomic E-state index is 0.0230. The molecule has 2 aromatic heterocycles. The van der Waals surface area contributed by atoms with Gasteiger partial charge in [-0.2, -0.15) is 9.78 Å². The molecular formula is C30H37ClN6O5. The van der Waals surface area contributed by atoms with Crippen LogP contribution in [0.4, 0.5) is 11.5 Å². The van der Waals surface area contributed by atoms with E-state index in [9.17, 15) is 14.9 Å². The van der Waals surface area contributed by atoms with Crippen molar-refractivity contribution in [1.29, 1.82) is 0 Å². The van der Waals surface area contributed by atoms with E-state index in [2.05, 4.69) is 10.4 Å². The lowest BCUT2D eigenvalue weighted by atomic mass is 9.46. The van der Waals surface area contributed by atoms with Gasteiger partial charge in [0.25, 0.3) is 0 Å². The molecule has 0 saturated heterocycles. The summed E-state index contributed by atoms with van der Waals surface area (Å²) in [4.78, 5) is 24.7. The number of rotatable bonds is 9. The molecule has 7 rings (SSSR count). The fourth-order valence-corrected chi connectivity index (χ4v) is 8.80. The molecule has 2 atom stereocenters. The van der Waals surface area contributed by atoms with E-state index in [0.717, 1.165) is 61.2 Å². The van der Waals surface area contributed by atoms with E-state index in [0.29, 0.717) is 42.0 Å². The van der Waals surface area contributed by atoms with Crippen molar-refractivity contribution in [2.24, 2.45) is 17.3 Å². The first-order valence-corrected chi connectivity index (χ1v) is 14.8. The van der Waals surface area contributed by atoms with Gasteiger partial charge in [0, 0.05) is 6.42 Å². The highest BCUT2D eigenvalue weighted by Crippen LogP contribution is 2.65. The number of hydrogen-bond donors (Lipinski definition) is 1. The maximum Gasteiger partial charge on any atom is 0.408 e. The van der Waals surface area contributed by atoms with Crippen LogP contribution in [-0.4, -0.2) is 44.6 Å². The summed E-state index contributed by atoms with van der Waals surface area (Å²) in [6.07, 6.45) is 6.14. The Bertz CT molecular complexity index is 1560. The summed E-state index contributed by atoms with van der Waals surface area (Å²) in [6, 6.07) is 5.78. The predicted octanol–water partition coefficient (Wildman–Crippen LogP) is 5.96. The summed E-state index contributed by atoms with van der Waals surface area (Å²) < 4.78 is 14.5. The fourth-order valence-electron chi connectivity index (χ4n) is 8.61. The van der Waals surface area contributed by atoms with E-state index < -0.39 is 4.92 Å². The monoisotopic (exact) mass is 596 g/mol. The van der Waals surface area contributed by atoms with E-state index in [1.165, 1.54) is 0 Å². The van der Waals surface area contributed by atoms with E-state index in [-0.39, 0.29) is 27.7 Å². The van der Waals surface area contributed by atoms with Gasteiger partial charge in [-0.1, -0.05) is 17.7 Å². The van der Waals surface area contributed by atoms with Crippen molar-refractivity contribution in [2.75, 3.05) is 19.5 Å². The Morgan fingerprint density at radius 2 is 1.79 bits per heavy atom. The molecule has 42 heavy (non-hydrogen) atoms. The van der Waals surface area contributed by atoms with Crippen molar-refractivity contribution in [3.05, 3.63) is 56.0 Å². The zero-order chi connectivity index (χ0) is 30.0. The number of carbonyl (C=O) groups is 1. The van der Waals surface area contributed by atoms with Gasteiger partial charge in [0.1, 0.15) is 0 Å². The summed E-state index contributed by atoms with van der Waals surface area (Å²) in [5.41, 5.74) is 3.50. The minimum Gasteiger partial charge on any atom is -0.493 e. The molecule has 4 aliphatic rings. The summed E-state index contributed by atoms with van der Waals surface area (Å²) in [5, 5.41) is 24.0. The van der Waals surface area contributed by atoms with Gasteiger partial charge in [-0.15, -0.1) is 0 Å². The predicted molar refractivity (Wildman–Crippen MR) is 157 cm³/mol. The molecule has 0 radical (unpaired) electrons. The number of halogens is 1. The molecule has 4 aliphatic carbocycles. The zero-order valence-electron chi connectivity index (χ0n) is 24.7. The molecule has 11 nitrogen and oxygen atoms in total. The van der Waals surface area contributed by atoms with Crippen LogP contribution in [0.1, 0.15) is 67.6 Å². The van der Waals surface area contributed by atoms with Crippen LogP contribution < -0.4 is 14.8 Å². The fraction of sp³-hybridized carbons (Fsp3) is 0.567. The van der Waals surface area contributed by atoms with Crippen LogP contribution in [0.3, 0.4) is 0 Å². The third kappa shape index (κ3) is 4.71. The molecule has 0 spiro atoms. The molecule has 3 aromatic rings. The topological polar surface area (TPSA) is 126 Å². The number of carbonyl (C=O) groups excluding carboxylic acids is 1. The highest BCUT2D eigenvalue weighted by atomic mass is 35.5. The van der Waals surface area contributed by atoms with Gasteiger partial charge in [0.2, 0.25) is 5.91 Å². The van der Waals surface area contributed by atoms with E-state index in [1.54, 1.807) is 14.2 Å². The first-order chi connectivity index (χ1) is 20.0. The number of nitro groups is 1. The quantitative estimate of drug-likeness (QED) is 0.239. The van der Waals surface area contributed by atoms with Gasteiger partial charge < -0.3 is 24.9 Å². The van der Waals surface area contributed by atoms with Gasteiger partial charge in [0.05, 0.1) is 54.2 Å². The number of aryl methyl sites for hydroxylation is 1. The first kappa shape index (κ1) is 28.5. The van der Waals surface area contributed by atoms with Gasteiger partial charge >= 0.3 is 5.82 Å². The molecule has 4 saturated carbocycles. The van der Waals surface area contributed by atoms with E-state index >= 15 is 0 Å². The number of benzene rings is 1. The Kier molecular flexibility index (Phi) is 6.99. The van der Waals surface area contributed by atoms with Crippen LogP contribution in [-0.2, 0) is 16.9 Å². The Hall–Kier alpha value is -3.60. The molecular weight excluding hydrogens is 560 g/mol. The van der Waals surface area contributed by atoms with Crippen LogP contribution in [0.5, 0.6) is 11.5 Å². The lowest BCUT2D eigenvalue weighted by Crippen LogP contribution is -2.57. The van der Waals surface area contributed by atoms with Crippen molar-refractivity contribution in [1.82, 2.24) is 19.6 Å².